The maximum Gasteiger partial charge on any atom is 0.307 e. The van der Waals surface area contributed by atoms with Crippen LogP contribution >= 0.6 is 0 Å². The van der Waals surface area contributed by atoms with Crippen molar-refractivity contribution in [2.45, 2.75) is 19.8 Å². The molecule has 0 aromatic rings. The van der Waals surface area contributed by atoms with E-state index in [9.17, 15) is 9.59 Å². The summed E-state index contributed by atoms with van der Waals surface area (Å²) in [5.74, 6) is -1.43. The summed E-state index contributed by atoms with van der Waals surface area (Å²) in [6.07, 6.45) is 0.966. The van der Waals surface area contributed by atoms with Gasteiger partial charge in [-0.2, -0.15) is 0 Å². The molecule has 0 spiro atoms. The number of carboxylic acid groups (broad SMARTS) is 1. The highest BCUT2D eigenvalue weighted by Gasteiger charge is 2.35. The molecule has 0 saturated heterocycles. The Morgan fingerprint density at radius 2 is 2.30 bits per heavy atom. The minimum Gasteiger partial charge on any atom is -0.481 e. The minimum absolute atomic E-state index is 0.0902. The second-order valence-electron chi connectivity index (χ2n) is 2.74. The molecule has 0 radical (unpaired) electrons. The van der Waals surface area contributed by atoms with Crippen molar-refractivity contribution < 1.29 is 14.7 Å². The zero-order chi connectivity index (χ0) is 7.72. The van der Waals surface area contributed by atoms with E-state index in [0.717, 1.165) is 0 Å². The third kappa shape index (κ3) is 1.03. The summed E-state index contributed by atoms with van der Waals surface area (Å²) in [7, 11) is 0. The Hall–Kier alpha value is -0.860. The molecule has 1 saturated carbocycles. The summed E-state index contributed by atoms with van der Waals surface area (Å²) in [5, 5.41) is 8.55. The molecule has 1 aliphatic rings. The molecular formula is C7H10O3. The molecule has 1 N–H and O–H groups in total. The van der Waals surface area contributed by atoms with Gasteiger partial charge in [0.25, 0.3) is 0 Å². The lowest BCUT2D eigenvalue weighted by atomic mass is 9.98. The first-order valence-corrected chi connectivity index (χ1v) is 3.38. The Balaban J connectivity index is 2.66. The van der Waals surface area contributed by atoms with Gasteiger partial charge in [-0.3, -0.25) is 9.59 Å². The minimum atomic E-state index is -0.835. The first-order valence-electron chi connectivity index (χ1n) is 3.38. The summed E-state index contributed by atoms with van der Waals surface area (Å²) in [4.78, 5) is 21.2. The van der Waals surface area contributed by atoms with Gasteiger partial charge in [-0.1, -0.05) is 6.92 Å². The van der Waals surface area contributed by atoms with Crippen molar-refractivity contribution in [1.82, 2.24) is 0 Å². The van der Waals surface area contributed by atoms with E-state index in [1.54, 1.807) is 6.92 Å². The highest BCUT2D eigenvalue weighted by Crippen LogP contribution is 2.27. The number of rotatable bonds is 1. The third-order valence-electron chi connectivity index (χ3n) is 2.13. The topological polar surface area (TPSA) is 54.4 Å². The van der Waals surface area contributed by atoms with E-state index in [0.29, 0.717) is 12.8 Å². The van der Waals surface area contributed by atoms with Crippen LogP contribution in [0.25, 0.3) is 0 Å². The highest BCUT2D eigenvalue weighted by atomic mass is 16.4. The van der Waals surface area contributed by atoms with Crippen molar-refractivity contribution in [2.75, 3.05) is 0 Å². The molecule has 56 valence electrons. The zero-order valence-corrected chi connectivity index (χ0v) is 5.83. The van der Waals surface area contributed by atoms with Gasteiger partial charge in [0.05, 0.1) is 5.92 Å². The van der Waals surface area contributed by atoms with E-state index in [-0.39, 0.29) is 11.7 Å². The number of carbonyl (C=O) groups is 2. The van der Waals surface area contributed by atoms with Crippen LogP contribution in [0.4, 0.5) is 0 Å². The van der Waals surface area contributed by atoms with Crippen LogP contribution in [0.2, 0.25) is 0 Å². The fraction of sp³-hybridized carbons (Fsp3) is 0.714. The molecule has 0 heterocycles. The van der Waals surface area contributed by atoms with Crippen LogP contribution in [0, 0.1) is 11.8 Å². The first-order chi connectivity index (χ1) is 4.63. The predicted octanol–water partition coefficient (Wildman–Crippen LogP) is 0.686. The fourth-order valence-electron chi connectivity index (χ4n) is 1.34. The fourth-order valence-corrected chi connectivity index (χ4v) is 1.34. The Kier molecular flexibility index (Phi) is 1.74. The van der Waals surface area contributed by atoms with Gasteiger partial charge in [-0.15, -0.1) is 0 Å². The van der Waals surface area contributed by atoms with Gasteiger partial charge < -0.3 is 5.11 Å². The summed E-state index contributed by atoms with van der Waals surface area (Å²) in [6, 6.07) is 0. The number of hydrogen-bond acceptors (Lipinski definition) is 2. The smallest absolute Gasteiger partial charge is 0.307 e. The van der Waals surface area contributed by atoms with Gasteiger partial charge in [-0.25, -0.2) is 0 Å². The SMILES string of the molecule is C[C@@H]1C(=O)CC[C@@H]1C(=O)O. The lowest BCUT2D eigenvalue weighted by Gasteiger charge is -2.06. The summed E-state index contributed by atoms with van der Waals surface area (Å²) in [5.41, 5.74) is 0. The average molecular weight is 142 g/mol. The van der Waals surface area contributed by atoms with Gasteiger partial charge in [0, 0.05) is 12.3 Å². The number of carboxylic acids is 1. The average Bonchev–Trinajstić information content (AvgIpc) is 2.14. The van der Waals surface area contributed by atoms with E-state index in [2.05, 4.69) is 0 Å². The van der Waals surface area contributed by atoms with E-state index in [1.807, 2.05) is 0 Å². The molecule has 1 aliphatic carbocycles. The van der Waals surface area contributed by atoms with Crippen molar-refractivity contribution in [3.05, 3.63) is 0 Å². The molecule has 0 bridgehead atoms. The van der Waals surface area contributed by atoms with Crippen molar-refractivity contribution in [3.8, 4) is 0 Å². The molecule has 0 amide bonds. The van der Waals surface area contributed by atoms with Crippen LogP contribution in [0.15, 0.2) is 0 Å². The summed E-state index contributed by atoms with van der Waals surface area (Å²) in [6.45, 7) is 1.69. The van der Waals surface area contributed by atoms with Gasteiger partial charge >= 0.3 is 5.97 Å². The quantitative estimate of drug-likeness (QED) is 0.586. The molecule has 1 rings (SSSR count). The highest BCUT2D eigenvalue weighted by molar-refractivity contribution is 5.89. The monoisotopic (exact) mass is 142 g/mol. The Morgan fingerprint density at radius 1 is 1.70 bits per heavy atom. The normalized spacial score (nSPS) is 32.7. The number of carbonyl (C=O) groups excluding carboxylic acids is 1. The molecule has 10 heavy (non-hydrogen) atoms. The molecule has 2 atom stereocenters. The van der Waals surface area contributed by atoms with Crippen LogP contribution in [-0.2, 0) is 9.59 Å². The van der Waals surface area contributed by atoms with Crippen molar-refractivity contribution >= 4 is 11.8 Å². The second-order valence-corrected chi connectivity index (χ2v) is 2.74. The molecule has 0 aromatic carbocycles. The molecule has 0 aliphatic heterocycles. The van der Waals surface area contributed by atoms with Gasteiger partial charge in [0.1, 0.15) is 5.78 Å². The summed E-state index contributed by atoms with van der Waals surface area (Å²) < 4.78 is 0. The van der Waals surface area contributed by atoms with Crippen molar-refractivity contribution in [1.29, 1.82) is 0 Å². The van der Waals surface area contributed by atoms with Crippen LogP contribution in [-0.4, -0.2) is 16.9 Å². The van der Waals surface area contributed by atoms with Crippen molar-refractivity contribution in [3.63, 3.8) is 0 Å². The summed E-state index contributed by atoms with van der Waals surface area (Å²) >= 11 is 0. The second kappa shape index (κ2) is 2.40. The maximum absolute atomic E-state index is 10.8. The molecule has 3 heteroatoms. The Bertz CT molecular complexity index is 174. The van der Waals surface area contributed by atoms with E-state index < -0.39 is 11.9 Å². The van der Waals surface area contributed by atoms with E-state index >= 15 is 0 Å². The molecule has 0 unspecified atom stereocenters. The third-order valence-corrected chi connectivity index (χ3v) is 2.13. The van der Waals surface area contributed by atoms with Crippen LogP contribution in [0.1, 0.15) is 19.8 Å². The molecular weight excluding hydrogens is 132 g/mol. The number of aliphatic carboxylic acids is 1. The van der Waals surface area contributed by atoms with Crippen LogP contribution in [0.3, 0.4) is 0 Å². The van der Waals surface area contributed by atoms with Crippen LogP contribution in [0.5, 0.6) is 0 Å². The number of ketones is 1. The van der Waals surface area contributed by atoms with E-state index in [4.69, 9.17) is 5.11 Å². The van der Waals surface area contributed by atoms with E-state index in [1.165, 1.54) is 0 Å². The van der Waals surface area contributed by atoms with Gasteiger partial charge in [0.15, 0.2) is 0 Å². The van der Waals surface area contributed by atoms with Crippen molar-refractivity contribution in [2.24, 2.45) is 11.8 Å². The largest absolute Gasteiger partial charge is 0.481 e. The van der Waals surface area contributed by atoms with Gasteiger partial charge in [0.2, 0.25) is 0 Å². The van der Waals surface area contributed by atoms with Crippen LogP contribution < -0.4 is 0 Å². The Labute approximate surface area is 59.0 Å². The molecule has 0 aromatic heterocycles. The predicted molar refractivity (Wildman–Crippen MR) is 34.5 cm³/mol. The lowest BCUT2D eigenvalue weighted by Crippen LogP contribution is -2.18. The zero-order valence-electron chi connectivity index (χ0n) is 5.83. The maximum atomic E-state index is 10.8. The lowest BCUT2D eigenvalue weighted by molar-refractivity contribution is -0.144. The molecule has 1 fully saturated rings. The number of Topliss-reactive ketones (excluding diaryl/α,β-unsaturated/α-hetero) is 1. The first kappa shape index (κ1) is 7.25. The molecule has 3 nitrogen and oxygen atoms in total. The standard InChI is InChI=1S/C7H10O3/c1-4-5(7(9)10)2-3-6(4)8/h4-5H,2-3H2,1H3,(H,9,10)/t4-,5-/m0/s1. The van der Waals surface area contributed by atoms with Gasteiger partial charge in [-0.05, 0) is 6.42 Å². The number of hydrogen-bond donors (Lipinski definition) is 1. The Morgan fingerprint density at radius 3 is 2.50 bits per heavy atom.